The average molecular weight is 380 g/mol. The van der Waals surface area contributed by atoms with E-state index in [1.165, 1.54) is 6.07 Å². The smallest absolute Gasteiger partial charge is 0.339 e. The zero-order valence-electron chi connectivity index (χ0n) is 15.4. The van der Waals surface area contributed by atoms with E-state index in [9.17, 15) is 14.0 Å². The van der Waals surface area contributed by atoms with Crippen molar-refractivity contribution in [3.05, 3.63) is 65.2 Å². The number of nitrogens with one attached hydrogen (secondary N) is 1. The van der Waals surface area contributed by atoms with Crippen molar-refractivity contribution in [1.29, 1.82) is 0 Å². The summed E-state index contributed by atoms with van der Waals surface area (Å²) < 4.78 is 19.1. The van der Waals surface area contributed by atoms with Gasteiger partial charge in [-0.15, -0.1) is 0 Å². The van der Waals surface area contributed by atoms with Crippen molar-refractivity contribution in [3.8, 4) is 0 Å². The summed E-state index contributed by atoms with van der Waals surface area (Å²) in [5, 5.41) is 3.12. The van der Waals surface area contributed by atoms with E-state index in [1.54, 1.807) is 30.6 Å². The molecule has 2 fully saturated rings. The van der Waals surface area contributed by atoms with Crippen LogP contribution in [0.1, 0.15) is 59.5 Å². The number of ether oxygens (including phenoxy) is 1. The van der Waals surface area contributed by atoms with Gasteiger partial charge in [0.25, 0.3) is 0 Å². The standard InChI is InChI=1S/C22H21FN2O3/c23-15-3-1-2-14(10-15)17-11-19(17)25-20(26)13-4-7-22(8-5-13)18-12-24-9-6-16(18)21(27)28-22/h1-3,6,9-10,12-13,17,19H,4-5,7-8,11H2,(H,25,26)/t13-,17-,19+,22+/m0/s1. The molecule has 1 spiro atoms. The SMILES string of the molecule is O=C1O[C@]2(CC[C@@H](C(=O)N[C@@H]3C[C@H]3c3cccc(F)c3)CC2)c2cnccc21. The molecule has 28 heavy (non-hydrogen) atoms. The highest BCUT2D eigenvalue weighted by molar-refractivity contribution is 5.94. The van der Waals surface area contributed by atoms with Crippen LogP contribution < -0.4 is 5.32 Å². The van der Waals surface area contributed by atoms with Gasteiger partial charge in [-0.25, -0.2) is 9.18 Å². The van der Waals surface area contributed by atoms with Crippen LogP contribution in [0.5, 0.6) is 0 Å². The Morgan fingerprint density at radius 3 is 2.86 bits per heavy atom. The fourth-order valence-electron chi connectivity index (χ4n) is 4.70. The average Bonchev–Trinajstić information content (AvgIpc) is 3.42. The molecule has 2 aromatic rings. The molecule has 5 rings (SSSR count). The van der Waals surface area contributed by atoms with Gasteiger partial charge in [0.05, 0.1) is 5.56 Å². The molecule has 2 saturated carbocycles. The molecule has 0 bridgehead atoms. The minimum atomic E-state index is -0.624. The van der Waals surface area contributed by atoms with Crippen LogP contribution in [0.2, 0.25) is 0 Å². The van der Waals surface area contributed by atoms with Gasteiger partial charge in [0.15, 0.2) is 0 Å². The van der Waals surface area contributed by atoms with E-state index < -0.39 is 5.60 Å². The van der Waals surface area contributed by atoms with E-state index in [4.69, 9.17) is 4.74 Å². The Morgan fingerprint density at radius 1 is 1.25 bits per heavy atom. The minimum Gasteiger partial charge on any atom is -0.450 e. The van der Waals surface area contributed by atoms with Crippen molar-refractivity contribution < 1.29 is 18.7 Å². The Hall–Kier alpha value is -2.76. The van der Waals surface area contributed by atoms with Crippen molar-refractivity contribution in [1.82, 2.24) is 10.3 Å². The summed E-state index contributed by atoms with van der Waals surface area (Å²) >= 11 is 0. The molecule has 2 heterocycles. The van der Waals surface area contributed by atoms with Crippen LogP contribution in [0.4, 0.5) is 4.39 Å². The van der Waals surface area contributed by atoms with Crippen molar-refractivity contribution in [2.75, 3.05) is 0 Å². The molecule has 1 aromatic heterocycles. The zero-order chi connectivity index (χ0) is 19.3. The van der Waals surface area contributed by atoms with Gasteiger partial charge < -0.3 is 10.1 Å². The lowest BCUT2D eigenvalue weighted by Gasteiger charge is -2.35. The number of fused-ring (bicyclic) bond motifs is 2. The molecule has 0 saturated heterocycles. The van der Waals surface area contributed by atoms with E-state index in [0.29, 0.717) is 31.2 Å². The summed E-state index contributed by atoms with van der Waals surface area (Å²) in [6.45, 7) is 0. The van der Waals surface area contributed by atoms with Gasteiger partial charge in [-0.3, -0.25) is 9.78 Å². The minimum absolute atomic E-state index is 0.0505. The second kappa shape index (κ2) is 6.40. The van der Waals surface area contributed by atoms with Gasteiger partial charge >= 0.3 is 5.97 Å². The normalized spacial score (nSPS) is 30.6. The summed E-state index contributed by atoms with van der Waals surface area (Å²) in [6.07, 6.45) is 6.77. The maximum absolute atomic E-state index is 13.4. The third-order valence-electron chi connectivity index (χ3n) is 6.38. The first kappa shape index (κ1) is 17.3. The summed E-state index contributed by atoms with van der Waals surface area (Å²) in [7, 11) is 0. The molecule has 2 atom stereocenters. The third kappa shape index (κ3) is 2.87. The Morgan fingerprint density at radius 2 is 2.07 bits per heavy atom. The molecule has 2 aliphatic carbocycles. The fourth-order valence-corrected chi connectivity index (χ4v) is 4.70. The highest BCUT2D eigenvalue weighted by Crippen LogP contribution is 2.48. The second-order valence-electron chi connectivity index (χ2n) is 8.09. The van der Waals surface area contributed by atoms with E-state index in [-0.39, 0.29) is 35.6 Å². The molecule has 0 unspecified atom stereocenters. The lowest BCUT2D eigenvalue weighted by molar-refractivity contribution is -0.128. The first-order valence-electron chi connectivity index (χ1n) is 9.79. The molecule has 144 valence electrons. The maximum Gasteiger partial charge on any atom is 0.339 e. The van der Waals surface area contributed by atoms with Crippen LogP contribution in [0.15, 0.2) is 42.7 Å². The molecular formula is C22H21FN2O3. The lowest BCUT2D eigenvalue weighted by atomic mass is 9.75. The van der Waals surface area contributed by atoms with E-state index in [1.807, 2.05) is 6.07 Å². The Bertz CT molecular complexity index is 952. The number of nitrogens with zero attached hydrogens (tertiary/aromatic N) is 1. The van der Waals surface area contributed by atoms with Crippen molar-refractivity contribution >= 4 is 11.9 Å². The number of rotatable bonds is 3. The number of amides is 1. The highest BCUT2D eigenvalue weighted by atomic mass is 19.1. The molecule has 1 amide bonds. The van der Waals surface area contributed by atoms with Crippen LogP contribution in [0, 0.1) is 11.7 Å². The number of halogens is 1. The van der Waals surface area contributed by atoms with E-state index in [0.717, 1.165) is 17.5 Å². The van der Waals surface area contributed by atoms with Crippen LogP contribution in [0.3, 0.4) is 0 Å². The number of aromatic nitrogens is 1. The van der Waals surface area contributed by atoms with Gasteiger partial charge in [0.2, 0.25) is 5.91 Å². The van der Waals surface area contributed by atoms with Crippen LogP contribution in [-0.2, 0) is 15.1 Å². The third-order valence-corrected chi connectivity index (χ3v) is 6.38. The van der Waals surface area contributed by atoms with E-state index in [2.05, 4.69) is 10.3 Å². The van der Waals surface area contributed by atoms with Crippen LogP contribution in [-0.4, -0.2) is 22.9 Å². The largest absolute Gasteiger partial charge is 0.450 e. The summed E-state index contributed by atoms with van der Waals surface area (Å²) in [5.74, 6) is -0.374. The highest BCUT2D eigenvalue weighted by Gasteiger charge is 2.49. The summed E-state index contributed by atoms with van der Waals surface area (Å²) in [5.41, 5.74) is 1.76. The van der Waals surface area contributed by atoms with Crippen molar-refractivity contribution in [3.63, 3.8) is 0 Å². The topological polar surface area (TPSA) is 68.3 Å². The molecular weight excluding hydrogens is 359 g/mol. The number of benzene rings is 1. The number of carbonyl (C=O) groups excluding carboxylic acids is 2. The van der Waals surface area contributed by atoms with Gasteiger partial charge in [-0.1, -0.05) is 12.1 Å². The predicted octanol–water partition coefficient (Wildman–Crippen LogP) is 3.45. The second-order valence-corrected chi connectivity index (χ2v) is 8.09. The summed E-state index contributed by atoms with van der Waals surface area (Å²) in [6, 6.07) is 8.37. The predicted molar refractivity (Wildman–Crippen MR) is 99.0 cm³/mol. The van der Waals surface area contributed by atoms with E-state index >= 15 is 0 Å². The Kier molecular flexibility index (Phi) is 3.96. The number of pyridine rings is 1. The number of carbonyl (C=O) groups is 2. The molecule has 5 nitrogen and oxygen atoms in total. The molecule has 6 heteroatoms. The first-order valence-corrected chi connectivity index (χ1v) is 9.79. The van der Waals surface area contributed by atoms with Crippen LogP contribution >= 0.6 is 0 Å². The first-order chi connectivity index (χ1) is 13.6. The fraction of sp³-hybridized carbons (Fsp3) is 0.409. The molecule has 1 N–H and O–H groups in total. The zero-order valence-corrected chi connectivity index (χ0v) is 15.4. The monoisotopic (exact) mass is 380 g/mol. The number of hydrogen-bond donors (Lipinski definition) is 1. The molecule has 1 aromatic carbocycles. The lowest BCUT2D eigenvalue weighted by Crippen LogP contribution is -2.39. The number of hydrogen-bond acceptors (Lipinski definition) is 4. The Balaban J connectivity index is 1.20. The van der Waals surface area contributed by atoms with Gasteiger partial charge in [0.1, 0.15) is 11.4 Å². The van der Waals surface area contributed by atoms with Crippen molar-refractivity contribution in [2.45, 2.75) is 49.7 Å². The van der Waals surface area contributed by atoms with Crippen molar-refractivity contribution in [2.24, 2.45) is 5.92 Å². The molecule has 3 aliphatic rings. The molecule has 0 radical (unpaired) electrons. The number of esters is 1. The van der Waals surface area contributed by atoms with Crippen LogP contribution in [0.25, 0.3) is 0 Å². The summed E-state index contributed by atoms with van der Waals surface area (Å²) in [4.78, 5) is 29.0. The molecule has 1 aliphatic heterocycles. The van der Waals surface area contributed by atoms with Gasteiger partial charge in [0, 0.05) is 35.8 Å². The Labute approximate surface area is 162 Å². The maximum atomic E-state index is 13.4. The van der Waals surface area contributed by atoms with Gasteiger partial charge in [-0.05, 0) is 55.9 Å². The van der Waals surface area contributed by atoms with Gasteiger partial charge in [-0.2, -0.15) is 0 Å². The quantitative estimate of drug-likeness (QED) is 0.828.